The third kappa shape index (κ3) is 3.84. The van der Waals surface area contributed by atoms with E-state index in [2.05, 4.69) is 15.9 Å². The summed E-state index contributed by atoms with van der Waals surface area (Å²) in [5.74, 6) is 0. The average molecular weight is 287 g/mol. The largest absolute Gasteiger partial charge is 0.281 e. The van der Waals surface area contributed by atoms with Crippen molar-refractivity contribution in [2.45, 2.75) is 31.6 Å². The minimum absolute atomic E-state index is 0.0203. The van der Waals surface area contributed by atoms with Crippen molar-refractivity contribution in [3.8, 4) is 0 Å². The van der Waals surface area contributed by atoms with Gasteiger partial charge in [-0.05, 0) is 13.8 Å². The summed E-state index contributed by atoms with van der Waals surface area (Å²) in [6.07, 6.45) is 0. The first kappa shape index (κ1) is 14.3. The van der Waals surface area contributed by atoms with Crippen LogP contribution in [0.3, 0.4) is 0 Å². The Bertz CT molecular complexity index is 265. The normalized spacial score (nSPS) is 15.5. The summed E-state index contributed by atoms with van der Waals surface area (Å²) in [6.45, 7) is 6.09. The Kier molecular flexibility index (Phi) is 5.57. The van der Waals surface area contributed by atoms with Crippen molar-refractivity contribution in [3.63, 3.8) is 0 Å². The zero-order valence-corrected chi connectivity index (χ0v) is 11.8. The van der Waals surface area contributed by atoms with Crippen LogP contribution in [0.25, 0.3) is 0 Å². The van der Waals surface area contributed by atoms with Gasteiger partial charge in [0.15, 0.2) is 0 Å². The van der Waals surface area contributed by atoms with Gasteiger partial charge in [0.1, 0.15) is 0 Å². The van der Waals surface area contributed by atoms with Crippen molar-refractivity contribution in [1.82, 2.24) is 8.61 Å². The topological polar surface area (TPSA) is 40.6 Å². The fraction of sp³-hybridized carbons (Fsp3) is 1.00. The summed E-state index contributed by atoms with van der Waals surface area (Å²) in [5.41, 5.74) is 0. The van der Waals surface area contributed by atoms with Crippen molar-refractivity contribution >= 4 is 26.1 Å². The summed E-state index contributed by atoms with van der Waals surface area (Å²) in [4.78, 5) is 0.155. The maximum Gasteiger partial charge on any atom is 0.281 e. The molecule has 0 fully saturated rings. The lowest BCUT2D eigenvalue weighted by atomic mass is 10.4. The van der Waals surface area contributed by atoms with Gasteiger partial charge in [0.25, 0.3) is 10.2 Å². The summed E-state index contributed by atoms with van der Waals surface area (Å²) in [7, 11) is -0.115. The van der Waals surface area contributed by atoms with Crippen LogP contribution in [0.4, 0.5) is 0 Å². The predicted octanol–water partition coefficient (Wildman–Crippen LogP) is 1.29. The molecule has 0 bridgehead atoms. The Labute approximate surface area is 95.6 Å². The molecule has 0 aliphatic heterocycles. The summed E-state index contributed by atoms with van der Waals surface area (Å²) >= 11 is 3.33. The van der Waals surface area contributed by atoms with Gasteiger partial charge in [0.05, 0.1) is 0 Å². The number of hydrogen-bond donors (Lipinski definition) is 0. The molecule has 6 heteroatoms. The number of hydrogen-bond acceptors (Lipinski definition) is 2. The molecule has 0 aromatic rings. The first-order chi connectivity index (χ1) is 6.19. The molecule has 1 unspecified atom stereocenters. The van der Waals surface area contributed by atoms with Crippen LogP contribution in [-0.2, 0) is 10.2 Å². The van der Waals surface area contributed by atoms with E-state index in [9.17, 15) is 8.42 Å². The highest BCUT2D eigenvalue weighted by molar-refractivity contribution is 9.09. The van der Waals surface area contributed by atoms with E-state index in [1.54, 1.807) is 14.1 Å². The molecule has 0 saturated carbocycles. The average Bonchev–Trinajstić information content (AvgIpc) is 2.01. The third-order valence-corrected chi connectivity index (χ3v) is 4.37. The Morgan fingerprint density at radius 3 is 1.93 bits per heavy atom. The highest BCUT2D eigenvalue weighted by Crippen LogP contribution is 2.10. The van der Waals surface area contributed by atoms with E-state index in [0.29, 0.717) is 6.54 Å². The molecule has 0 heterocycles. The van der Waals surface area contributed by atoms with E-state index in [1.165, 1.54) is 8.61 Å². The smallest absolute Gasteiger partial charge is 0.195 e. The molecule has 0 aromatic heterocycles. The Morgan fingerprint density at radius 2 is 1.64 bits per heavy atom. The van der Waals surface area contributed by atoms with Gasteiger partial charge in [-0.15, -0.1) is 0 Å². The second kappa shape index (κ2) is 5.44. The van der Waals surface area contributed by atoms with Gasteiger partial charge in [-0.1, -0.05) is 22.9 Å². The van der Waals surface area contributed by atoms with E-state index in [1.807, 2.05) is 20.8 Å². The molecule has 1 atom stereocenters. The Morgan fingerprint density at radius 1 is 1.21 bits per heavy atom. The van der Waals surface area contributed by atoms with Gasteiger partial charge in [0, 0.05) is 31.5 Å². The molecule has 0 saturated heterocycles. The second-order valence-corrected chi connectivity index (χ2v) is 7.34. The maximum atomic E-state index is 11.8. The molecule has 4 nitrogen and oxygen atoms in total. The molecule has 0 radical (unpaired) electrons. The van der Waals surface area contributed by atoms with E-state index in [-0.39, 0.29) is 10.9 Å². The molecule has 0 spiro atoms. The Balaban J connectivity index is 4.62. The highest BCUT2D eigenvalue weighted by atomic mass is 79.9. The molecular formula is C8H19BrN2O2S. The molecule has 14 heavy (non-hydrogen) atoms. The summed E-state index contributed by atoms with van der Waals surface area (Å²) in [6, 6.07) is -0.0203. The van der Waals surface area contributed by atoms with Crippen LogP contribution >= 0.6 is 15.9 Å². The first-order valence-corrected chi connectivity index (χ1v) is 6.84. The minimum atomic E-state index is -3.30. The van der Waals surface area contributed by atoms with Gasteiger partial charge >= 0.3 is 0 Å². The zero-order valence-electron chi connectivity index (χ0n) is 9.36. The van der Waals surface area contributed by atoms with Gasteiger partial charge < -0.3 is 0 Å². The lowest BCUT2D eigenvalue weighted by molar-refractivity contribution is 0.359. The van der Waals surface area contributed by atoms with E-state index in [0.717, 1.165) is 0 Å². The molecule has 86 valence electrons. The molecule has 0 aromatic carbocycles. The van der Waals surface area contributed by atoms with Crippen LogP contribution in [-0.4, -0.2) is 48.5 Å². The van der Waals surface area contributed by atoms with Crippen molar-refractivity contribution in [2.24, 2.45) is 0 Å². The fourth-order valence-corrected chi connectivity index (χ4v) is 2.95. The fourth-order valence-electron chi connectivity index (χ4n) is 0.935. The van der Waals surface area contributed by atoms with Crippen LogP contribution in [0.5, 0.6) is 0 Å². The molecular weight excluding hydrogens is 268 g/mol. The lowest BCUT2D eigenvalue weighted by Gasteiger charge is -2.27. The molecule has 0 aliphatic rings. The van der Waals surface area contributed by atoms with E-state index in [4.69, 9.17) is 0 Å². The van der Waals surface area contributed by atoms with Crippen molar-refractivity contribution in [1.29, 1.82) is 0 Å². The number of alkyl halides is 1. The second-order valence-electron chi connectivity index (χ2n) is 3.68. The van der Waals surface area contributed by atoms with Crippen LogP contribution in [0, 0.1) is 0 Å². The number of halogens is 1. The van der Waals surface area contributed by atoms with Gasteiger partial charge in [-0.2, -0.15) is 17.0 Å². The number of nitrogens with zero attached hydrogens (tertiary/aromatic N) is 2. The van der Waals surface area contributed by atoms with Gasteiger partial charge in [-0.3, -0.25) is 0 Å². The van der Waals surface area contributed by atoms with Gasteiger partial charge in [0.2, 0.25) is 0 Å². The van der Waals surface area contributed by atoms with E-state index < -0.39 is 10.2 Å². The van der Waals surface area contributed by atoms with Gasteiger partial charge in [-0.25, -0.2) is 0 Å². The maximum absolute atomic E-state index is 11.8. The molecule has 0 rings (SSSR count). The standard InChI is InChI=1S/C8H19BrN2O2S/c1-7(2)11(5)14(12,13)10(4)6-8(3)9/h7-8H,6H2,1-5H3. The van der Waals surface area contributed by atoms with Crippen molar-refractivity contribution in [2.75, 3.05) is 20.6 Å². The minimum Gasteiger partial charge on any atom is -0.195 e. The highest BCUT2D eigenvalue weighted by Gasteiger charge is 2.25. The monoisotopic (exact) mass is 286 g/mol. The molecule has 0 amide bonds. The molecule has 0 N–H and O–H groups in total. The summed E-state index contributed by atoms with van der Waals surface area (Å²) in [5, 5.41) is 0. The van der Waals surface area contributed by atoms with Crippen LogP contribution < -0.4 is 0 Å². The first-order valence-electron chi connectivity index (χ1n) is 4.53. The lowest BCUT2D eigenvalue weighted by Crippen LogP contribution is -2.44. The zero-order chi connectivity index (χ0) is 11.5. The molecule has 0 aliphatic carbocycles. The van der Waals surface area contributed by atoms with Crippen molar-refractivity contribution < 1.29 is 8.42 Å². The summed E-state index contributed by atoms with van der Waals surface area (Å²) < 4.78 is 26.4. The quantitative estimate of drug-likeness (QED) is 0.715. The van der Waals surface area contributed by atoms with Crippen LogP contribution in [0.1, 0.15) is 20.8 Å². The third-order valence-electron chi connectivity index (χ3n) is 1.99. The van der Waals surface area contributed by atoms with Crippen LogP contribution in [0.15, 0.2) is 0 Å². The van der Waals surface area contributed by atoms with Crippen LogP contribution in [0.2, 0.25) is 0 Å². The van der Waals surface area contributed by atoms with Crippen molar-refractivity contribution in [3.05, 3.63) is 0 Å². The van der Waals surface area contributed by atoms with E-state index >= 15 is 0 Å². The predicted molar refractivity (Wildman–Crippen MR) is 62.8 cm³/mol. The Hall–Kier alpha value is 0.350. The number of rotatable bonds is 5. The SMILES string of the molecule is CC(Br)CN(C)S(=O)(=O)N(C)C(C)C.